The Bertz CT molecular complexity index is 1280. The molecule has 4 rings (SSSR count). The van der Waals surface area contributed by atoms with Crippen molar-refractivity contribution in [2.45, 2.75) is 69.0 Å². The van der Waals surface area contributed by atoms with Gasteiger partial charge in [0.25, 0.3) is 5.91 Å². The number of hydrogen-bond donors (Lipinski definition) is 3. The van der Waals surface area contributed by atoms with Crippen LogP contribution in [0.1, 0.15) is 56.3 Å². The number of nitrogens with zero attached hydrogens (tertiary/aromatic N) is 2. The second-order valence-corrected chi connectivity index (χ2v) is 12.9. The maximum atomic E-state index is 13.7. The van der Waals surface area contributed by atoms with Gasteiger partial charge in [0, 0.05) is 25.6 Å². The number of aliphatic hydroxyl groups is 1. The summed E-state index contributed by atoms with van der Waals surface area (Å²) in [6.45, 7) is 3.67. The van der Waals surface area contributed by atoms with Crippen molar-refractivity contribution in [1.82, 2.24) is 14.5 Å². The van der Waals surface area contributed by atoms with Crippen LogP contribution < -0.4 is 15.4 Å². The minimum Gasteiger partial charge on any atom is -0.486 e. The predicted molar refractivity (Wildman–Crippen MR) is 153 cm³/mol. The van der Waals surface area contributed by atoms with Crippen LogP contribution in [0.2, 0.25) is 0 Å². The van der Waals surface area contributed by atoms with Gasteiger partial charge in [0.2, 0.25) is 10.0 Å². The van der Waals surface area contributed by atoms with Gasteiger partial charge in [-0.3, -0.25) is 4.79 Å². The number of aliphatic hydroxyl groups excluding tert-OH is 1. The molecule has 0 aromatic heterocycles. The van der Waals surface area contributed by atoms with E-state index >= 15 is 0 Å². The first-order valence-electron chi connectivity index (χ1n) is 13.9. The first-order valence-corrected chi connectivity index (χ1v) is 15.4. The number of fused-ring (bicyclic) bond motifs is 1. The third-order valence-corrected chi connectivity index (χ3v) is 9.61. The number of likely N-dealkylation sites (N-methyl/N-ethyl adjacent to an activating group) is 1. The highest BCUT2D eigenvalue weighted by Gasteiger charge is 2.36. The molecule has 40 heavy (non-hydrogen) atoms. The molecule has 3 amide bonds. The van der Waals surface area contributed by atoms with Gasteiger partial charge >= 0.3 is 6.03 Å². The summed E-state index contributed by atoms with van der Waals surface area (Å²) in [6.07, 6.45) is 4.49. The van der Waals surface area contributed by atoms with E-state index in [0.717, 1.165) is 25.7 Å². The summed E-state index contributed by atoms with van der Waals surface area (Å²) in [7, 11) is -2.30. The standard InChI is InChI=1S/C29H40N4O6S/c1-20-17-33(21(2)19-34)28(35)24-15-10-16-25(31-29(36)30-22-11-6-4-7-12-22)27(24)39-26(20)18-32(3)40(37,38)23-13-8-5-9-14-23/h5,8-10,13-16,20-22,26,34H,4,6-7,11-12,17-19H2,1-3H3,(H2,30,31,36)/t20-,21-,26-/m0/s1. The van der Waals surface area contributed by atoms with Crippen molar-refractivity contribution in [2.24, 2.45) is 5.92 Å². The monoisotopic (exact) mass is 572 g/mol. The summed E-state index contributed by atoms with van der Waals surface area (Å²) in [5, 5.41) is 15.8. The molecule has 3 N–H and O–H groups in total. The number of anilines is 1. The fraction of sp³-hybridized carbons (Fsp3) is 0.517. The molecule has 10 nitrogen and oxygen atoms in total. The van der Waals surface area contributed by atoms with Gasteiger partial charge in [0.1, 0.15) is 6.10 Å². The molecule has 1 heterocycles. The Balaban J connectivity index is 1.66. The van der Waals surface area contributed by atoms with Crippen molar-refractivity contribution < 1.29 is 27.9 Å². The van der Waals surface area contributed by atoms with Crippen LogP contribution >= 0.6 is 0 Å². The average Bonchev–Trinajstić information content (AvgIpc) is 2.95. The van der Waals surface area contributed by atoms with Gasteiger partial charge in [-0.15, -0.1) is 0 Å². The van der Waals surface area contributed by atoms with Crippen molar-refractivity contribution in [1.29, 1.82) is 0 Å². The maximum Gasteiger partial charge on any atom is 0.319 e. The number of ether oxygens (including phenoxy) is 1. The van der Waals surface area contributed by atoms with Crippen LogP contribution in [0.4, 0.5) is 10.5 Å². The van der Waals surface area contributed by atoms with Gasteiger partial charge in [0.05, 0.1) is 35.3 Å². The average molecular weight is 573 g/mol. The molecule has 1 saturated carbocycles. The number of rotatable bonds is 8. The van der Waals surface area contributed by atoms with E-state index in [1.54, 1.807) is 60.4 Å². The van der Waals surface area contributed by atoms with Gasteiger partial charge < -0.3 is 25.4 Å². The van der Waals surface area contributed by atoms with Gasteiger partial charge in [-0.1, -0.05) is 50.5 Å². The lowest BCUT2D eigenvalue weighted by Gasteiger charge is -2.38. The lowest BCUT2D eigenvalue weighted by Crippen LogP contribution is -2.50. The number of sulfonamides is 1. The van der Waals surface area contributed by atoms with Crippen LogP contribution in [0.15, 0.2) is 53.4 Å². The Morgan fingerprint density at radius 2 is 1.82 bits per heavy atom. The predicted octanol–water partition coefficient (Wildman–Crippen LogP) is 3.68. The number of benzene rings is 2. The van der Waals surface area contributed by atoms with E-state index in [9.17, 15) is 23.1 Å². The first kappa shape index (κ1) is 29.8. The number of amides is 3. The van der Waals surface area contributed by atoms with Crippen molar-refractivity contribution in [2.75, 3.05) is 32.1 Å². The molecule has 1 aliphatic carbocycles. The lowest BCUT2D eigenvalue weighted by molar-refractivity contribution is 0.0389. The molecule has 1 fully saturated rings. The topological polar surface area (TPSA) is 128 Å². The summed E-state index contributed by atoms with van der Waals surface area (Å²) in [5.41, 5.74) is 0.560. The number of carbonyl (C=O) groups excluding carboxylic acids is 2. The smallest absolute Gasteiger partial charge is 0.319 e. The Hall–Kier alpha value is -3.15. The van der Waals surface area contributed by atoms with E-state index < -0.39 is 22.2 Å². The Morgan fingerprint density at radius 3 is 2.50 bits per heavy atom. The van der Waals surface area contributed by atoms with Crippen molar-refractivity contribution in [3.63, 3.8) is 0 Å². The highest BCUT2D eigenvalue weighted by molar-refractivity contribution is 7.89. The van der Waals surface area contributed by atoms with Crippen LogP contribution in [-0.2, 0) is 10.0 Å². The van der Waals surface area contributed by atoms with Gasteiger partial charge in [-0.25, -0.2) is 13.2 Å². The van der Waals surface area contributed by atoms with Crippen LogP contribution in [0, 0.1) is 5.92 Å². The van der Waals surface area contributed by atoms with Crippen LogP contribution in [0.3, 0.4) is 0 Å². The molecule has 0 bridgehead atoms. The third kappa shape index (κ3) is 6.76. The molecule has 2 aromatic carbocycles. The fourth-order valence-corrected chi connectivity index (χ4v) is 6.48. The van der Waals surface area contributed by atoms with Gasteiger partial charge in [0.15, 0.2) is 5.75 Å². The summed E-state index contributed by atoms with van der Waals surface area (Å²) in [4.78, 5) is 28.4. The van der Waals surface area contributed by atoms with E-state index in [1.807, 2.05) is 6.92 Å². The largest absolute Gasteiger partial charge is 0.486 e. The Labute approximate surface area is 236 Å². The van der Waals surface area contributed by atoms with Crippen LogP contribution in [-0.4, -0.2) is 79.6 Å². The van der Waals surface area contributed by atoms with Crippen LogP contribution in [0.25, 0.3) is 0 Å². The van der Waals surface area contributed by atoms with Crippen LogP contribution in [0.5, 0.6) is 5.75 Å². The zero-order chi connectivity index (χ0) is 28.9. The Morgan fingerprint density at radius 1 is 1.12 bits per heavy atom. The molecule has 0 radical (unpaired) electrons. The molecule has 11 heteroatoms. The number of carbonyl (C=O) groups is 2. The summed E-state index contributed by atoms with van der Waals surface area (Å²) in [6, 6.07) is 12.4. The highest BCUT2D eigenvalue weighted by Crippen LogP contribution is 2.35. The molecule has 2 aromatic rings. The summed E-state index contributed by atoms with van der Waals surface area (Å²) in [5.74, 6) is -0.449. The third-order valence-electron chi connectivity index (χ3n) is 7.77. The summed E-state index contributed by atoms with van der Waals surface area (Å²) < 4.78 is 34.3. The Kier molecular flexibility index (Phi) is 9.70. The molecular weight excluding hydrogens is 532 g/mol. The molecule has 0 spiro atoms. The minimum atomic E-state index is -3.80. The molecule has 1 aliphatic heterocycles. The zero-order valence-electron chi connectivity index (χ0n) is 23.4. The normalized spacial score (nSPS) is 21.1. The molecule has 0 saturated heterocycles. The number of para-hydroxylation sites is 1. The summed E-state index contributed by atoms with van der Waals surface area (Å²) >= 11 is 0. The van der Waals surface area contributed by atoms with E-state index in [1.165, 1.54) is 17.8 Å². The van der Waals surface area contributed by atoms with Gasteiger partial charge in [-0.05, 0) is 44.0 Å². The van der Waals surface area contributed by atoms with E-state index in [4.69, 9.17) is 4.74 Å². The fourth-order valence-electron chi connectivity index (χ4n) is 5.27. The molecule has 2 aliphatic rings. The minimum absolute atomic E-state index is 0.00990. The highest BCUT2D eigenvalue weighted by atomic mass is 32.2. The molecule has 3 atom stereocenters. The molecular formula is C29H40N4O6S. The lowest BCUT2D eigenvalue weighted by atomic mass is 9.96. The maximum absolute atomic E-state index is 13.7. The molecule has 0 unspecified atom stereocenters. The quantitative estimate of drug-likeness (QED) is 0.443. The van der Waals surface area contributed by atoms with Crippen molar-refractivity contribution in [3.05, 3.63) is 54.1 Å². The number of urea groups is 1. The van der Waals surface area contributed by atoms with E-state index in [-0.39, 0.29) is 59.8 Å². The van der Waals surface area contributed by atoms with Crippen molar-refractivity contribution >= 4 is 27.6 Å². The van der Waals surface area contributed by atoms with Gasteiger partial charge in [-0.2, -0.15) is 4.31 Å². The number of hydrogen-bond acceptors (Lipinski definition) is 6. The van der Waals surface area contributed by atoms with Crippen molar-refractivity contribution in [3.8, 4) is 5.75 Å². The second kappa shape index (κ2) is 13.0. The zero-order valence-corrected chi connectivity index (χ0v) is 24.2. The van der Waals surface area contributed by atoms with E-state index in [0.29, 0.717) is 5.69 Å². The second-order valence-electron chi connectivity index (χ2n) is 10.8. The number of nitrogens with one attached hydrogen (secondary N) is 2. The van der Waals surface area contributed by atoms with E-state index in [2.05, 4.69) is 10.6 Å². The SMILES string of the molecule is C[C@H]1CN([C@@H](C)CO)C(=O)c2cccc(NC(=O)NC3CCCCC3)c2O[C@H]1CN(C)S(=O)(=O)c1ccccc1. The first-order chi connectivity index (χ1) is 19.1. The molecule has 218 valence electrons.